The van der Waals surface area contributed by atoms with Crippen molar-refractivity contribution in [2.45, 2.75) is 6.92 Å². The molecule has 2 rings (SSSR count). The number of nitro benzene ring substituents is 1. The molecule has 2 aromatic rings. The number of rotatable bonds is 4. The molecule has 1 heterocycles. The van der Waals surface area contributed by atoms with Crippen molar-refractivity contribution in [1.82, 2.24) is 4.98 Å². The number of hydrogen-bond donors (Lipinski definition) is 2. The van der Waals surface area contributed by atoms with Gasteiger partial charge in [0.15, 0.2) is 5.13 Å². The lowest BCUT2D eigenvalue weighted by Gasteiger charge is -2.04. The Morgan fingerprint density at radius 2 is 2.26 bits per heavy atom. The Balaban J connectivity index is 2.35. The van der Waals surface area contributed by atoms with E-state index in [9.17, 15) is 14.9 Å². The summed E-state index contributed by atoms with van der Waals surface area (Å²) in [4.78, 5) is 25.1. The SMILES string of the molecule is Cc1csc(Nc2ccc(C(=O)O)c([N+](=O)[O-])c2)n1. The van der Waals surface area contributed by atoms with Gasteiger partial charge in [0.2, 0.25) is 0 Å². The third kappa shape index (κ3) is 2.86. The Kier molecular flexibility index (Phi) is 3.43. The summed E-state index contributed by atoms with van der Waals surface area (Å²) < 4.78 is 0. The highest BCUT2D eigenvalue weighted by molar-refractivity contribution is 7.13. The van der Waals surface area contributed by atoms with Gasteiger partial charge in [-0.2, -0.15) is 0 Å². The van der Waals surface area contributed by atoms with E-state index in [0.717, 1.165) is 5.69 Å². The van der Waals surface area contributed by atoms with Crippen molar-refractivity contribution < 1.29 is 14.8 Å². The van der Waals surface area contributed by atoms with E-state index in [2.05, 4.69) is 10.3 Å². The van der Waals surface area contributed by atoms with Crippen LogP contribution in [0, 0.1) is 17.0 Å². The molecule has 1 aromatic carbocycles. The fourth-order valence-electron chi connectivity index (χ4n) is 1.48. The first-order chi connectivity index (χ1) is 8.97. The monoisotopic (exact) mass is 279 g/mol. The van der Waals surface area contributed by atoms with Crippen molar-refractivity contribution >= 4 is 33.8 Å². The number of hydrogen-bond acceptors (Lipinski definition) is 6. The summed E-state index contributed by atoms with van der Waals surface area (Å²) in [5, 5.41) is 25.0. The number of nitrogens with one attached hydrogen (secondary N) is 1. The molecule has 0 spiro atoms. The second kappa shape index (κ2) is 5.02. The fourth-order valence-corrected chi connectivity index (χ4v) is 2.18. The van der Waals surface area contributed by atoms with Crippen LogP contribution >= 0.6 is 11.3 Å². The van der Waals surface area contributed by atoms with Gasteiger partial charge >= 0.3 is 5.97 Å². The third-order valence-corrected chi connectivity index (χ3v) is 3.17. The van der Waals surface area contributed by atoms with E-state index in [1.165, 1.54) is 29.5 Å². The normalized spacial score (nSPS) is 10.2. The maximum Gasteiger partial charge on any atom is 0.342 e. The van der Waals surface area contributed by atoms with Gasteiger partial charge in [-0.1, -0.05) is 0 Å². The molecular weight excluding hydrogens is 270 g/mol. The van der Waals surface area contributed by atoms with Gasteiger partial charge in [-0.05, 0) is 19.1 Å². The second-order valence-electron chi connectivity index (χ2n) is 3.71. The molecule has 7 nitrogen and oxygen atoms in total. The topological polar surface area (TPSA) is 105 Å². The van der Waals surface area contributed by atoms with Gasteiger partial charge in [-0.25, -0.2) is 9.78 Å². The molecule has 0 unspecified atom stereocenters. The van der Waals surface area contributed by atoms with Crippen molar-refractivity contribution in [2.24, 2.45) is 0 Å². The van der Waals surface area contributed by atoms with Crippen LogP contribution in [0.15, 0.2) is 23.6 Å². The molecule has 0 amide bonds. The van der Waals surface area contributed by atoms with Crippen LogP contribution in [0.25, 0.3) is 0 Å². The first-order valence-electron chi connectivity index (χ1n) is 5.18. The number of nitro groups is 1. The third-order valence-electron chi connectivity index (χ3n) is 2.30. The number of aromatic carboxylic acids is 1. The average Bonchev–Trinajstić information content (AvgIpc) is 2.74. The molecule has 0 aliphatic rings. The van der Waals surface area contributed by atoms with Crippen molar-refractivity contribution in [1.29, 1.82) is 0 Å². The Bertz CT molecular complexity index is 653. The summed E-state index contributed by atoms with van der Waals surface area (Å²) in [5.41, 5.74) is 0.465. The van der Waals surface area contributed by atoms with Crippen LogP contribution in [-0.4, -0.2) is 21.0 Å². The van der Waals surface area contributed by atoms with Crippen LogP contribution < -0.4 is 5.32 Å². The van der Waals surface area contributed by atoms with Crippen LogP contribution in [0.5, 0.6) is 0 Å². The van der Waals surface area contributed by atoms with Crippen LogP contribution in [0.1, 0.15) is 16.1 Å². The molecule has 1 aromatic heterocycles. The van der Waals surface area contributed by atoms with Gasteiger partial charge < -0.3 is 10.4 Å². The van der Waals surface area contributed by atoms with E-state index >= 15 is 0 Å². The molecule has 2 N–H and O–H groups in total. The lowest BCUT2D eigenvalue weighted by atomic mass is 10.1. The Labute approximate surface area is 111 Å². The predicted octanol–water partition coefficient (Wildman–Crippen LogP) is 2.80. The predicted molar refractivity (Wildman–Crippen MR) is 70.2 cm³/mol. The highest BCUT2D eigenvalue weighted by Crippen LogP contribution is 2.26. The van der Waals surface area contributed by atoms with E-state index in [1.807, 2.05) is 12.3 Å². The Hall–Kier alpha value is -2.48. The number of carboxylic acids is 1. The quantitative estimate of drug-likeness (QED) is 0.658. The van der Waals surface area contributed by atoms with E-state index in [-0.39, 0.29) is 5.56 Å². The molecule has 0 saturated heterocycles. The highest BCUT2D eigenvalue weighted by atomic mass is 32.1. The fraction of sp³-hybridized carbons (Fsp3) is 0.0909. The molecule has 19 heavy (non-hydrogen) atoms. The summed E-state index contributed by atoms with van der Waals surface area (Å²) in [7, 11) is 0. The van der Waals surface area contributed by atoms with Crippen LogP contribution in [0.3, 0.4) is 0 Å². The molecule has 0 aliphatic carbocycles. The summed E-state index contributed by atoms with van der Waals surface area (Å²) in [6.07, 6.45) is 0. The lowest BCUT2D eigenvalue weighted by molar-refractivity contribution is -0.385. The van der Waals surface area contributed by atoms with Crippen molar-refractivity contribution in [2.75, 3.05) is 5.32 Å². The summed E-state index contributed by atoms with van der Waals surface area (Å²) in [6.45, 7) is 1.83. The van der Waals surface area contributed by atoms with Gasteiger partial charge in [0.05, 0.1) is 10.6 Å². The zero-order valence-electron chi connectivity index (χ0n) is 9.78. The molecule has 0 aliphatic heterocycles. The minimum absolute atomic E-state index is 0.342. The molecule has 0 radical (unpaired) electrons. The zero-order chi connectivity index (χ0) is 14.0. The van der Waals surface area contributed by atoms with Crippen LogP contribution in [0.4, 0.5) is 16.5 Å². The summed E-state index contributed by atoms with van der Waals surface area (Å²) in [5.74, 6) is -1.33. The second-order valence-corrected chi connectivity index (χ2v) is 4.57. The minimum Gasteiger partial charge on any atom is -0.477 e. The molecule has 0 bridgehead atoms. The number of carboxylic acid groups (broad SMARTS) is 1. The summed E-state index contributed by atoms with van der Waals surface area (Å²) >= 11 is 1.36. The Morgan fingerprint density at radius 1 is 1.53 bits per heavy atom. The van der Waals surface area contributed by atoms with Crippen molar-refractivity contribution in [3.05, 3.63) is 45.0 Å². The number of benzene rings is 1. The van der Waals surface area contributed by atoms with Crippen molar-refractivity contribution in [3.8, 4) is 0 Å². The van der Waals surface area contributed by atoms with E-state index < -0.39 is 16.6 Å². The minimum atomic E-state index is -1.33. The van der Waals surface area contributed by atoms with Crippen molar-refractivity contribution in [3.63, 3.8) is 0 Å². The van der Waals surface area contributed by atoms with Gasteiger partial charge in [-0.15, -0.1) is 11.3 Å². The molecule has 0 fully saturated rings. The molecule has 0 atom stereocenters. The molecular formula is C11H9N3O4S. The maximum atomic E-state index is 10.9. The van der Waals surface area contributed by atoms with E-state index in [0.29, 0.717) is 10.8 Å². The number of anilines is 2. The number of carbonyl (C=O) groups is 1. The molecule has 0 saturated carbocycles. The summed E-state index contributed by atoms with van der Waals surface area (Å²) in [6, 6.07) is 3.84. The average molecular weight is 279 g/mol. The molecule has 98 valence electrons. The number of aromatic nitrogens is 1. The Morgan fingerprint density at radius 3 is 2.79 bits per heavy atom. The number of nitrogens with zero attached hydrogens (tertiary/aromatic N) is 2. The smallest absolute Gasteiger partial charge is 0.342 e. The highest BCUT2D eigenvalue weighted by Gasteiger charge is 2.20. The van der Waals surface area contributed by atoms with Gasteiger partial charge in [-0.3, -0.25) is 10.1 Å². The first kappa shape index (κ1) is 13.0. The standard InChI is InChI=1S/C11H9N3O4S/c1-6-5-19-11(12-6)13-7-2-3-8(10(15)16)9(4-7)14(17)18/h2-5H,1H3,(H,12,13)(H,15,16). The lowest BCUT2D eigenvalue weighted by Crippen LogP contribution is -2.03. The van der Waals surface area contributed by atoms with E-state index in [1.54, 1.807) is 0 Å². The van der Waals surface area contributed by atoms with Gasteiger partial charge in [0.25, 0.3) is 5.69 Å². The largest absolute Gasteiger partial charge is 0.477 e. The van der Waals surface area contributed by atoms with Crippen LogP contribution in [-0.2, 0) is 0 Å². The van der Waals surface area contributed by atoms with Gasteiger partial charge in [0, 0.05) is 17.1 Å². The molecule has 8 heteroatoms. The van der Waals surface area contributed by atoms with E-state index in [4.69, 9.17) is 5.11 Å². The number of thiazole rings is 1. The maximum absolute atomic E-state index is 10.9. The van der Waals surface area contributed by atoms with Crippen LogP contribution in [0.2, 0.25) is 0 Å². The zero-order valence-corrected chi connectivity index (χ0v) is 10.6. The first-order valence-corrected chi connectivity index (χ1v) is 6.06. The number of aryl methyl sites for hydroxylation is 1. The van der Waals surface area contributed by atoms with Gasteiger partial charge in [0.1, 0.15) is 5.56 Å².